The van der Waals surface area contributed by atoms with Crippen molar-refractivity contribution in [2.45, 2.75) is 58.7 Å². The molecule has 0 saturated carbocycles. The van der Waals surface area contributed by atoms with Gasteiger partial charge in [0.05, 0.1) is 6.04 Å². The van der Waals surface area contributed by atoms with Gasteiger partial charge in [0.15, 0.2) is 0 Å². The van der Waals surface area contributed by atoms with Crippen molar-refractivity contribution in [1.82, 2.24) is 10.2 Å². The zero-order valence-corrected chi connectivity index (χ0v) is 13.0. The summed E-state index contributed by atoms with van der Waals surface area (Å²) in [6, 6.07) is 0.163. The van der Waals surface area contributed by atoms with Crippen LogP contribution < -0.4 is 11.1 Å². The van der Waals surface area contributed by atoms with Crippen molar-refractivity contribution in [3.63, 3.8) is 0 Å². The number of likely N-dealkylation sites (tertiary alicyclic amines) is 1. The van der Waals surface area contributed by atoms with E-state index in [-0.39, 0.29) is 35.9 Å². The van der Waals surface area contributed by atoms with E-state index in [0.717, 1.165) is 19.5 Å². The van der Waals surface area contributed by atoms with Crippen LogP contribution in [0.1, 0.15) is 41.0 Å². The molecule has 1 rings (SSSR count). The van der Waals surface area contributed by atoms with E-state index < -0.39 is 0 Å². The number of halogens is 1. The lowest BCUT2D eigenvalue weighted by molar-refractivity contribution is -0.127. The second-order valence-electron chi connectivity index (χ2n) is 6.32. The van der Waals surface area contributed by atoms with Crippen LogP contribution in [0, 0.1) is 5.92 Å². The van der Waals surface area contributed by atoms with Crippen LogP contribution in [0.5, 0.6) is 0 Å². The van der Waals surface area contributed by atoms with Gasteiger partial charge in [-0.15, -0.1) is 12.4 Å². The van der Waals surface area contributed by atoms with Gasteiger partial charge in [0.1, 0.15) is 0 Å². The quantitative estimate of drug-likeness (QED) is 0.819. The Kier molecular flexibility index (Phi) is 6.61. The first-order valence-corrected chi connectivity index (χ1v) is 6.52. The third-order valence-corrected chi connectivity index (χ3v) is 3.43. The van der Waals surface area contributed by atoms with Crippen LogP contribution in [-0.2, 0) is 4.79 Å². The zero-order chi connectivity index (χ0) is 13.2. The molecule has 0 radical (unpaired) electrons. The number of carbonyl (C=O) groups excluding carboxylic acids is 1. The molecule has 0 aromatic carbocycles. The van der Waals surface area contributed by atoms with Gasteiger partial charge >= 0.3 is 0 Å². The van der Waals surface area contributed by atoms with Crippen molar-refractivity contribution in [2.75, 3.05) is 13.1 Å². The van der Waals surface area contributed by atoms with Crippen molar-refractivity contribution in [2.24, 2.45) is 11.7 Å². The van der Waals surface area contributed by atoms with Crippen LogP contribution in [0.15, 0.2) is 0 Å². The Hall–Kier alpha value is -0.320. The fourth-order valence-electron chi connectivity index (χ4n) is 2.24. The summed E-state index contributed by atoms with van der Waals surface area (Å²) in [6.07, 6.45) is 1.10. The summed E-state index contributed by atoms with van der Waals surface area (Å²) in [5.74, 6) is 0.641. The lowest BCUT2D eigenvalue weighted by atomic mass is 10.0. The molecular formula is C13H28ClN3O. The molecule has 0 aromatic rings. The SMILES string of the molecule is CC(N)C1CCN(C(C)C(=O)NC(C)(C)C)C1.Cl. The molecule has 108 valence electrons. The highest BCUT2D eigenvalue weighted by Crippen LogP contribution is 2.21. The first kappa shape index (κ1) is 17.7. The monoisotopic (exact) mass is 277 g/mol. The first-order valence-electron chi connectivity index (χ1n) is 6.52. The van der Waals surface area contributed by atoms with E-state index in [1.54, 1.807) is 0 Å². The molecule has 0 spiro atoms. The third-order valence-electron chi connectivity index (χ3n) is 3.43. The highest BCUT2D eigenvalue weighted by atomic mass is 35.5. The van der Waals surface area contributed by atoms with E-state index in [1.807, 2.05) is 34.6 Å². The van der Waals surface area contributed by atoms with Gasteiger partial charge in [-0.1, -0.05) is 0 Å². The molecule has 0 aliphatic carbocycles. The summed E-state index contributed by atoms with van der Waals surface area (Å²) in [5, 5.41) is 3.03. The van der Waals surface area contributed by atoms with Gasteiger partial charge in [0.25, 0.3) is 0 Å². The van der Waals surface area contributed by atoms with E-state index in [2.05, 4.69) is 10.2 Å². The topological polar surface area (TPSA) is 58.4 Å². The number of hydrogen-bond donors (Lipinski definition) is 2. The van der Waals surface area contributed by atoms with E-state index in [1.165, 1.54) is 0 Å². The Labute approximate surface area is 117 Å². The average Bonchev–Trinajstić information content (AvgIpc) is 2.62. The number of rotatable bonds is 3. The van der Waals surface area contributed by atoms with Crippen molar-refractivity contribution in [3.05, 3.63) is 0 Å². The molecule has 4 nitrogen and oxygen atoms in total. The molecule has 5 heteroatoms. The van der Waals surface area contributed by atoms with Gasteiger partial charge in [0, 0.05) is 18.1 Å². The second kappa shape index (κ2) is 6.73. The zero-order valence-electron chi connectivity index (χ0n) is 12.2. The standard InChI is InChI=1S/C13H27N3O.ClH/c1-9(14)11-6-7-16(8-11)10(2)12(17)15-13(3,4)5;/h9-11H,6-8,14H2,1-5H3,(H,15,17);1H. The molecule has 0 aromatic heterocycles. The van der Waals surface area contributed by atoms with Crippen LogP contribution in [0.3, 0.4) is 0 Å². The molecule has 1 aliphatic rings. The number of nitrogens with two attached hydrogens (primary N) is 1. The fourth-order valence-corrected chi connectivity index (χ4v) is 2.24. The molecule has 1 fully saturated rings. The highest BCUT2D eigenvalue weighted by molar-refractivity contribution is 5.85. The lowest BCUT2D eigenvalue weighted by Gasteiger charge is -2.28. The van der Waals surface area contributed by atoms with Crippen LogP contribution in [0.2, 0.25) is 0 Å². The minimum atomic E-state index is -0.161. The second-order valence-corrected chi connectivity index (χ2v) is 6.32. The molecule has 0 bridgehead atoms. The van der Waals surface area contributed by atoms with Crippen molar-refractivity contribution < 1.29 is 4.79 Å². The third kappa shape index (κ3) is 5.12. The van der Waals surface area contributed by atoms with Gasteiger partial charge in [-0.25, -0.2) is 0 Å². The summed E-state index contributed by atoms with van der Waals surface area (Å²) >= 11 is 0. The number of nitrogens with zero attached hydrogens (tertiary/aromatic N) is 1. The average molecular weight is 278 g/mol. The Morgan fingerprint density at radius 2 is 1.94 bits per heavy atom. The predicted molar refractivity (Wildman–Crippen MR) is 77.9 cm³/mol. The lowest BCUT2D eigenvalue weighted by Crippen LogP contribution is -2.50. The summed E-state index contributed by atoms with van der Waals surface area (Å²) in [5.41, 5.74) is 5.75. The normalized spacial score (nSPS) is 24.2. The molecule has 1 aliphatic heterocycles. The molecule has 3 unspecified atom stereocenters. The number of hydrogen-bond acceptors (Lipinski definition) is 3. The summed E-state index contributed by atoms with van der Waals surface area (Å²) in [7, 11) is 0. The van der Waals surface area contributed by atoms with E-state index >= 15 is 0 Å². The maximum absolute atomic E-state index is 12.0. The summed E-state index contributed by atoms with van der Waals surface area (Å²) in [6.45, 7) is 12.0. The van der Waals surface area contributed by atoms with Gasteiger partial charge in [-0.05, 0) is 53.5 Å². The molecule has 3 atom stereocenters. The first-order chi connectivity index (χ1) is 7.70. The van der Waals surface area contributed by atoms with Crippen molar-refractivity contribution in [3.8, 4) is 0 Å². The molecule has 3 N–H and O–H groups in total. The van der Waals surface area contributed by atoms with Gasteiger partial charge in [-0.3, -0.25) is 9.69 Å². The fraction of sp³-hybridized carbons (Fsp3) is 0.923. The van der Waals surface area contributed by atoms with Crippen LogP contribution in [-0.4, -0.2) is 41.5 Å². The largest absolute Gasteiger partial charge is 0.350 e. The molecule has 1 amide bonds. The van der Waals surface area contributed by atoms with E-state index in [9.17, 15) is 4.79 Å². The number of carbonyl (C=O) groups is 1. The maximum Gasteiger partial charge on any atom is 0.237 e. The van der Waals surface area contributed by atoms with Gasteiger partial charge < -0.3 is 11.1 Å². The Morgan fingerprint density at radius 3 is 2.33 bits per heavy atom. The minimum absolute atomic E-state index is 0. The maximum atomic E-state index is 12.0. The summed E-state index contributed by atoms with van der Waals surface area (Å²) < 4.78 is 0. The summed E-state index contributed by atoms with van der Waals surface area (Å²) in [4.78, 5) is 14.3. The van der Waals surface area contributed by atoms with Crippen molar-refractivity contribution >= 4 is 18.3 Å². The Morgan fingerprint density at radius 1 is 1.39 bits per heavy atom. The van der Waals surface area contributed by atoms with Crippen LogP contribution >= 0.6 is 12.4 Å². The van der Waals surface area contributed by atoms with Gasteiger partial charge in [0.2, 0.25) is 5.91 Å². The number of amides is 1. The molecule has 1 saturated heterocycles. The number of nitrogens with one attached hydrogen (secondary N) is 1. The van der Waals surface area contributed by atoms with E-state index in [0.29, 0.717) is 5.92 Å². The van der Waals surface area contributed by atoms with E-state index in [4.69, 9.17) is 5.73 Å². The predicted octanol–water partition coefficient (Wildman–Crippen LogP) is 1.38. The van der Waals surface area contributed by atoms with Crippen LogP contribution in [0.4, 0.5) is 0 Å². The minimum Gasteiger partial charge on any atom is -0.350 e. The molecule has 18 heavy (non-hydrogen) atoms. The van der Waals surface area contributed by atoms with Crippen molar-refractivity contribution in [1.29, 1.82) is 0 Å². The smallest absolute Gasteiger partial charge is 0.237 e. The Balaban J connectivity index is 0.00000289. The molecule has 1 heterocycles. The van der Waals surface area contributed by atoms with Gasteiger partial charge in [-0.2, -0.15) is 0 Å². The highest BCUT2D eigenvalue weighted by Gasteiger charge is 2.32. The van der Waals surface area contributed by atoms with Crippen LogP contribution in [0.25, 0.3) is 0 Å². The Bertz CT molecular complexity index is 276. The molecular weight excluding hydrogens is 250 g/mol.